The molecule has 0 radical (unpaired) electrons. The Hall–Kier alpha value is -3.99. The van der Waals surface area contributed by atoms with Gasteiger partial charge in [-0.05, 0) is 48.6 Å². The molecule has 0 saturated heterocycles. The van der Waals surface area contributed by atoms with Crippen molar-refractivity contribution in [3.8, 4) is 17.5 Å². The molecular weight excluding hydrogens is 356 g/mol. The third-order valence-electron chi connectivity index (χ3n) is 4.76. The molecule has 0 aliphatic heterocycles. The van der Waals surface area contributed by atoms with E-state index < -0.39 is 0 Å². The van der Waals surface area contributed by atoms with Gasteiger partial charge in [-0.15, -0.1) is 0 Å². The number of nitrogens with zero attached hydrogens (tertiary/aromatic N) is 4. The molecule has 3 heterocycles. The van der Waals surface area contributed by atoms with Crippen molar-refractivity contribution in [1.82, 2.24) is 20.2 Å². The van der Waals surface area contributed by atoms with Crippen LogP contribution in [0.15, 0.2) is 47.5 Å². The third-order valence-corrected chi connectivity index (χ3v) is 4.76. The molecule has 1 fully saturated rings. The molecule has 1 aliphatic rings. The zero-order chi connectivity index (χ0) is 19.1. The molecule has 8 heteroatoms. The minimum absolute atomic E-state index is 0.296. The third kappa shape index (κ3) is 2.79. The molecule has 0 atom stereocenters. The highest BCUT2D eigenvalue weighted by Gasteiger charge is 2.29. The predicted octanol–water partition coefficient (Wildman–Crippen LogP) is 3.61. The smallest absolute Gasteiger partial charge is 0.274 e. The Balaban J connectivity index is 1.48. The van der Waals surface area contributed by atoms with Crippen molar-refractivity contribution in [3.63, 3.8) is 0 Å². The molecule has 136 valence electrons. The van der Waals surface area contributed by atoms with Gasteiger partial charge in [-0.2, -0.15) is 10.4 Å². The van der Waals surface area contributed by atoms with E-state index in [-0.39, 0.29) is 5.91 Å². The summed E-state index contributed by atoms with van der Waals surface area (Å²) in [7, 11) is 0. The number of H-pyrrole nitrogens is 1. The number of benzene rings is 1. The molecule has 1 amide bonds. The first-order valence-electron chi connectivity index (χ1n) is 8.81. The van der Waals surface area contributed by atoms with E-state index in [4.69, 9.17) is 9.68 Å². The Labute approximate surface area is 159 Å². The number of carbonyl (C=O) groups is 1. The molecule has 3 aromatic heterocycles. The van der Waals surface area contributed by atoms with Gasteiger partial charge in [0.05, 0.1) is 17.3 Å². The summed E-state index contributed by atoms with van der Waals surface area (Å²) >= 11 is 0. The molecule has 1 saturated carbocycles. The monoisotopic (exact) mass is 370 g/mol. The first kappa shape index (κ1) is 16.2. The molecule has 0 unspecified atom stereocenters. The van der Waals surface area contributed by atoms with Gasteiger partial charge in [-0.1, -0.05) is 0 Å². The largest absolute Gasteiger partial charge is 0.442 e. The highest BCUT2D eigenvalue weighted by Crippen LogP contribution is 2.41. The van der Waals surface area contributed by atoms with Crippen LogP contribution in [0.3, 0.4) is 0 Å². The molecule has 28 heavy (non-hydrogen) atoms. The number of hydrogen-bond donors (Lipinski definition) is 2. The van der Waals surface area contributed by atoms with E-state index >= 15 is 0 Å². The van der Waals surface area contributed by atoms with Crippen LogP contribution in [0.5, 0.6) is 0 Å². The number of nitrogens with one attached hydrogen (secondary N) is 2. The lowest BCUT2D eigenvalue weighted by atomic mass is 10.1. The van der Waals surface area contributed by atoms with Crippen molar-refractivity contribution in [2.45, 2.75) is 18.8 Å². The van der Waals surface area contributed by atoms with Crippen molar-refractivity contribution >= 4 is 22.5 Å². The van der Waals surface area contributed by atoms with Crippen molar-refractivity contribution in [2.24, 2.45) is 0 Å². The molecule has 1 aliphatic carbocycles. The normalized spacial score (nSPS) is 13.4. The second kappa shape index (κ2) is 6.32. The van der Waals surface area contributed by atoms with Crippen LogP contribution in [-0.2, 0) is 0 Å². The lowest BCUT2D eigenvalue weighted by Crippen LogP contribution is -2.16. The maximum atomic E-state index is 12.8. The van der Waals surface area contributed by atoms with Crippen LogP contribution in [0.1, 0.15) is 40.4 Å². The molecule has 2 N–H and O–H groups in total. The van der Waals surface area contributed by atoms with Crippen molar-refractivity contribution in [3.05, 3.63) is 59.9 Å². The zero-order valence-corrected chi connectivity index (χ0v) is 14.6. The summed E-state index contributed by atoms with van der Waals surface area (Å²) in [6, 6.07) is 9.31. The molecule has 8 nitrogen and oxygen atoms in total. The summed E-state index contributed by atoms with van der Waals surface area (Å²) < 4.78 is 5.33. The number of carbonyl (C=O) groups excluding carboxylic acids is 1. The van der Waals surface area contributed by atoms with Gasteiger partial charge in [0.1, 0.15) is 17.5 Å². The number of nitriles is 1. The Kier molecular flexibility index (Phi) is 3.66. The molecule has 5 rings (SSSR count). The van der Waals surface area contributed by atoms with Crippen molar-refractivity contribution in [1.29, 1.82) is 5.26 Å². The minimum Gasteiger partial charge on any atom is -0.442 e. The quantitative estimate of drug-likeness (QED) is 0.566. The molecule has 1 aromatic carbocycles. The van der Waals surface area contributed by atoms with Crippen LogP contribution in [0.4, 0.5) is 5.69 Å². The average Bonchev–Trinajstić information content (AvgIpc) is 3.26. The second-order valence-electron chi connectivity index (χ2n) is 6.70. The minimum atomic E-state index is -0.296. The van der Waals surface area contributed by atoms with Gasteiger partial charge >= 0.3 is 0 Å². The predicted molar refractivity (Wildman–Crippen MR) is 100 cm³/mol. The molecule has 0 bridgehead atoms. The number of fused-ring (bicyclic) bond motifs is 1. The standard InChI is InChI=1S/C20H14N6O2/c21-7-11-5-14(12-1-2-12)19(23-8-11)20(27)24-13-3-4-16-15(6-13)18(26-25-16)17-9-22-10-28-17/h3-6,8-10,12H,1-2H2,(H,24,27)(H,25,26). The summed E-state index contributed by atoms with van der Waals surface area (Å²) in [5, 5.41) is 20.0. The Morgan fingerprint density at radius 2 is 2.18 bits per heavy atom. The molecule has 4 aromatic rings. The number of oxazole rings is 1. The van der Waals surface area contributed by atoms with Gasteiger partial charge < -0.3 is 9.73 Å². The summed E-state index contributed by atoms with van der Waals surface area (Å²) in [5.41, 5.74) is 3.73. The SMILES string of the molecule is N#Cc1cnc(C(=O)Nc2ccc3[nH]nc(-c4cnco4)c3c2)c(C2CC2)c1. The van der Waals surface area contributed by atoms with Gasteiger partial charge in [-0.3, -0.25) is 9.89 Å². The van der Waals surface area contributed by atoms with E-state index in [2.05, 4.69) is 31.6 Å². The summed E-state index contributed by atoms with van der Waals surface area (Å²) in [4.78, 5) is 21.0. The molecular formula is C20H14N6O2. The zero-order valence-electron chi connectivity index (χ0n) is 14.6. The Morgan fingerprint density at radius 3 is 2.93 bits per heavy atom. The topological polar surface area (TPSA) is 120 Å². The van der Waals surface area contributed by atoms with Crippen molar-refractivity contribution < 1.29 is 9.21 Å². The Bertz CT molecular complexity index is 1230. The number of hydrogen-bond acceptors (Lipinski definition) is 6. The van der Waals surface area contributed by atoms with Gasteiger partial charge in [0.2, 0.25) is 0 Å². The number of pyridine rings is 1. The second-order valence-corrected chi connectivity index (χ2v) is 6.70. The van der Waals surface area contributed by atoms with Crippen LogP contribution in [0, 0.1) is 11.3 Å². The number of amides is 1. The number of anilines is 1. The highest BCUT2D eigenvalue weighted by molar-refractivity contribution is 6.05. The lowest BCUT2D eigenvalue weighted by Gasteiger charge is -2.09. The van der Waals surface area contributed by atoms with E-state index in [0.717, 1.165) is 29.3 Å². The van der Waals surface area contributed by atoms with Crippen LogP contribution in [-0.4, -0.2) is 26.1 Å². The van der Waals surface area contributed by atoms with E-state index in [1.807, 2.05) is 12.1 Å². The van der Waals surface area contributed by atoms with Crippen molar-refractivity contribution in [2.75, 3.05) is 5.32 Å². The number of aromatic amines is 1. The van der Waals surface area contributed by atoms with E-state index in [1.165, 1.54) is 12.6 Å². The van der Waals surface area contributed by atoms with E-state index in [9.17, 15) is 4.79 Å². The summed E-state index contributed by atoms with van der Waals surface area (Å²) in [5.74, 6) is 0.547. The number of aromatic nitrogens is 4. The first-order chi connectivity index (χ1) is 13.7. The van der Waals surface area contributed by atoms with E-state index in [1.54, 1.807) is 18.3 Å². The van der Waals surface area contributed by atoms with Crippen LogP contribution in [0.25, 0.3) is 22.4 Å². The van der Waals surface area contributed by atoms with Gasteiger partial charge in [0, 0.05) is 17.3 Å². The first-order valence-corrected chi connectivity index (χ1v) is 8.81. The maximum absolute atomic E-state index is 12.8. The van der Waals surface area contributed by atoms with Crippen LogP contribution in [0.2, 0.25) is 0 Å². The molecule has 0 spiro atoms. The van der Waals surface area contributed by atoms with Gasteiger partial charge in [-0.25, -0.2) is 9.97 Å². The highest BCUT2D eigenvalue weighted by atomic mass is 16.3. The summed E-state index contributed by atoms with van der Waals surface area (Å²) in [6.07, 6.45) is 6.39. The fraction of sp³-hybridized carbons (Fsp3) is 0.150. The maximum Gasteiger partial charge on any atom is 0.274 e. The fourth-order valence-electron chi connectivity index (χ4n) is 3.24. The number of rotatable bonds is 4. The van der Waals surface area contributed by atoms with Gasteiger partial charge in [0.15, 0.2) is 12.2 Å². The van der Waals surface area contributed by atoms with Crippen LogP contribution < -0.4 is 5.32 Å². The fourth-order valence-corrected chi connectivity index (χ4v) is 3.24. The lowest BCUT2D eigenvalue weighted by molar-refractivity contribution is 0.102. The Morgan fingerprint density at radius 1 is 1.29 bits per heavy atom. The summed E-state index contributed by atoms with van der Waals surface area (Å²) in [6.45, 7) is 0. The average molecular weight is 370 g/mol. The van der Waals surface area contributed by atoms with Gasteiger partial charge in [0.25, 0.3) is 5.91 Å². The van der Waals surface area contributed by atoms with Crippen LogP contribution >= 0.6 is 0 Å². The van der Waals surface area contributed by atoms with E-state index in [0.29, 0.717) is 34.3 Å².